The van der Waals surface area contributed by atoms with Gasteiger partial charge in [-0.1, -0.05) is 19.9 Å². The third-order valence-corrected chi connectivity index (χ3v) is 13.3. The van der Waals surface area contributed by atoms with Gasteiger partial charge in [-0.3, -0.25) is 9.97 Å². The molecule has 3 atom stereocenters. The lowest BCUT2D eigenvalue weighted by atomic mass is 9.84. The molecule has 0 spiro atoms. The average Bonchev–Trinajstić information content (AvgIpc) is 3.84. The average molecular weight is 700 g/mol. The van der Waals surface area contributed by atoms with E-state index in [1.807, 2.05) is 18.3 Å². The minimum atomic E-state index is -3.69. The van der Waals surface area contributed by atoms with Crippen molar-refractivity contribution in [2.75, 3.05) is 17.7 Å². The number of rotatable bonds is 8. The van der Waals surface area contributed by atoms with Crippen LogP contribution in [-0.4, -0.2) is 56.5 Å². The summed E-state index contributed by atoms with van der Waals surface area (Å²) < 4.78 is 41.4. The molecule has 7 heterocycles. The summed E-state index contributed by atoms with van der Waals surface area (Å²) in [6.07, 6.45) is 8.68. The standard InChI is InChI=1S/C36H41N7O4S2/c1-19(2)23-17-49(44,45)33-30(28-15-27-32(48-28)34(39-18-38-27)41-25-11-10-24-22(25)7-6-13-37-24)29(35-43-42-20(3)47-35)26(40-31(23)33)9-8-21-12-14-46-36(4,5)16-21/h6-7,13,15,18-19,21,23,25H,8-12,14,16-17H2,1-5H3,(H,38,39,41)/t21?,23?,25-/m1/s1. The summed E-state index contributed by atoms with van der Waals surface area (Å²) in [5, 5.41) is 12.3. The molecule has 5 aromatic heterocycles. The van der Waals surface area contributed by atoms with E-state index in [2.05, 4.69) is 64.2 Å². The van der Waals surface area contributed by atoms with Gasteiger partial charge in [0.15, 0.2) is 9.84 Å². The van der Waals surface area contributed by atoms with Crippen LogP contribution in [0, 0.1) is 18.8 Å². The van der Waals surface area contributed by atoms with Gasteiger partial charge in [-0.25, -0.2) is 18.4 Å². The summed E-state index contributed by atoms with van der Waals surface area (Å²) in [4.78, 5) is 20.1. The van der Waals surface area contributed by atoms with Crippen molar-refractivity contribution >= 4 is 37.2 Å². The summed E-state index contributed by atoms with van der Waals surface area (Å²) in [6.45, 7) is 10.9. The molecule has 2 aliphatic heterocycles. The zero-order chi connectivity index (χ0) is 34.1. The van der Waals surface area contributed by atoms with E-state index in [1.54, 1.807) is 13.3 Å². The Hall–Kier alpha value is -3.81. The van der Waals surface area contributed by atoms with Gasteiger partial charge >= 0.3 is 0 Å². The van der Waals surface area contributed by atoms with Gasteiger partial charge in [0, 0.05) is 41.8 Å². The molecule has 1 fully saturated rings. The normalized spacial score (nSPS) is 22.4. The maximum atomic E-state index is 14.2. The molecule has 0 aromatic carbocycles. The number of thiophene rings is 1. The van der Waals surface area contributed by atoms with Gasteiger partial charge in [0.2, 0.25) is 11.8 Å². The Morgan fingerprint density at radius 2 is 1.98 bits per heavy atom. The van der Waals surface area contributed by atoms with Gasteiger partial charge in [-0.2, -0.15) is 0 Å². The Morgan fingerprint density at radius 1 is 1.12 bits per heavy atom. The number of hydrogen-bond acceptors (Lipinski definition) is 12. The van der Waals surface area contributed by atoms with E-state index < -0.39 is 9.84 Å². The SMILES string of the molecule is Cc1nnc(-c2c(CCC3CCOC(C)(C)C3)nc3c(c2-c2cc4ncnc(N[C@@H]5CCc6ncccc65)c4s2)S(=O)(=O)CC3C(C)C)o1. The van der Waals surface area contributed by atoms with E-state index in [1.165, 1.54) is 16.9 Å². The van der Waals surface area contributed by atoms with Crippen LogP contribution in [0.15, 0.2) is 40.0 Å². The highest BCUT2D eigenvalue weighted by molar-refractivity contribution is 7.92. The van der Waals surface area contributed by atoms with Crippen LogP contribution in [0.5, 0.6) is 0 Å². The molecule has 8 rings (SSSR count). The molecule has 13 heteroatoms. The van der Waals surface area contributed by atoms with Crippen molar-refractivity contribution in [1.82, 2.24) is 30.1 Å². The number of ether oxygens (including phenoxy) is 1. The fraction of sp³-hybridized carbons (Fsp3) is 0.500. The topological polar surface area (TPSA) is 146 Å². The predicted octanol–water partition coefficient (Wildman–Crippen LogP) is 7.27. The lowest BCUT2D eigenvalue weighted by Crippen LogP contribution is -2.34. The van der Waals surface area contributed by atoms with Crippen LogP contribution in [0.25, 0.3) is 32.1 Å². The van der Waals surface area contributed by atoms with Crippen LogP contribution in [0.4, 0.5) is 5.82 Å². The van der Waals surface area contributed by atoms with Gasteiger partial charge in [-0.15, -0.1) is 21.5 Å². The van der Waals surface area contributed by atoms with Crippen LogP contribution >= 0.6 is 11.3 Å². The molecule has 5 aromatic rings. The fourth-order valence-electron chi connectivity index (χ4n) is 7.91. The summed E-state index contributed by atoms with van der Waals surface area (Å²) in [5.41, 5.74) is 5.46. The van der Waals surface area contributed by atoms with Crippen molar-refractivity contribution < 1.29 is 17.6 Å². The van der Waals surface area contributed by atoms with E-state index in [0.29, 0.717) is 40.9 Å². The molecule has 0 amide bonds. The molecule has 0 bridgehead atoms. The first kappa shape index (κ1) is 32.4. The highest BCUT2D eigenvalue weighted by atomic mass is 32.2. The van der Waals surface area contributed by atoms with Gasteiger partial charge < -0.3 is 14.5 Å². The molecule has 1 aliphatic carbocycles. The maximum absolute atomic E-state index is 14.2. The minimum absolute atomic E-state index is 0.0204. The number of nitrogens with one attached hydrogen (secondary N) is 1. The van der Waals surface area contributed by atoms with Gasteiger partial charge in [0.25, 0.3) is 0 Å². The molecule has 256 valence electrons. The fourth-order valence-corrected chi connectivity index (χ4v) is 11.3. The lowest BCUT2D eigenvalue weighted by Gasteiger charge is -2.35. The van der Waals surface area contributed by atoms with E-state index in [4.69, 9.17) is 14.1 Å². The molecule has 1 saturated heterocycles. The number of sulfone groups is 1. The number of nitrogens with zero attached hydrogens (tertiary/aromatic N) is 6. The Kier molecular flexibility index (Phi) is 8.07. The number of pyridine rings is 2. The van der Waals surface area contributed by atoms with Crippen LogP contribution in [0.2, 0.25) is 0 Å². The van der Waals surface area contributed by atoms with Crippen molar-refractivity contribution in [2.45, 2.75) is 95.6 Å². The van der Waals surface area contributed by atoms with Crippen molar-refractivity contribution in [3.05, 3.63) is 59.3 Å². The summed E-state index contributed by atoms with van der Waals surface area (Å²) in [6, 6.07) is 6.13. The summed E-state index contributed by atoms with van der Waals surface area (Å²) in [7, 11) is -3.69. The third kappa shape index (κ3) is 5.93. The first-order chi connectivity index (χ1) is 23.5. The van der Waals surface area contributed by atoms with Crippen molar-refractivity contribution in [3.8, 4) is 21.9 Å². The number of aromatic nitrogens is 6. The van der Waals surface area contributed by atoms with Crippen LogP contribution in [0.3, 0.4) is 0 Å². The van der Waals surface area contributed by atoms with Crippen molar-refractivity contribution in [3.63, 3.8) is 0 Å². The zero-order valence-corrected chi connectivity index (χ0v) is 30.1. The molecule has 49 heavy (non-hydrogen) atoms. The molecule has 1 N–H and O–H groups in total. The second-order valence-corrected chi connectivity index (χ2v) is 17.6. The minimum Gasteiger partial charge on any atom is -0.421 e. The van der Waals surface area contributed by atoms with E-state index >= 15 is 0 Å². The molecule has 3 aliphatic rings. The predicted molar refractivity (Wildman–Crippen MR) is 188 cm³/mol. The number of anilines is 1. The third-order valence-electron chi connectivity index (χ3n) is 10.3. The second-order valence-electron chi connectivity index (χ2n) is 14.6. The van der Waals surface area contributed by atoms with Crippen molar-refractivity contribution in [2.24, 2.45) is 11.8 Å². The zero-order valence-electron chi connectivity index (χ0n) is 28.5. The van der Waals surface area contributed by atoms with Gasteiger partial charge in [0.05, 0.1) is 49.5 Å². The smallest absolute Gasteiger partial charge is 0.250 e. The lowest BCUT2D eigenvalue weighted by molar-refractivity contribution is -0.0734. The molecule has 0 radical (unpaired) electrons. The maximum Gasteiger partial charge on any atom is 0.250 e. The second kappa shape index (κ2) is 12.2. The largest absolute Gasteiger partial charge is 0.421 e. The van der Waals surface area contributed by atoms with Gasteiger partial charge in [-0.05, 0) is 81.9 Å². The van der Waals surface area contributed by atoms with Gasteiger partial charge in [0.1, 0.15) is 12.1 Å². The Bertz CT molecular complexity index is 2180. The van der Waals surface area contributed by atoms with Crippen LogP contribution < -0.4 is 5.32 Å². The molecule has 2 unspecified atom stereocenters. The number of aryl methyl sites for hydroxylation is 3. The molecule has 11 nitrogen and oxygen atoms in total. The van der Waals surface area contributed by atoms with E-state index in [9.17, 15) is 8.42 Å². The van der Waals surface area contributed by atoms with E-state index in [-0.39, 0.29) is 40.0 Å². The highest BCUT2D eigenvalue weighted by Gasteiger charge is 2.43. The van der Waals surface area contributed by atoms with Crippen LogP contribution in [-0.2, 0) is 27.4 Å². The highest BCUT2D eigenvalue weighted by Crippen LogP contribution is 2.51. The number of fused-ring (bicyclic) bond motifs is 3. The first-order valence-electron chi connectivity index (χ1n) is 17.2. The number of hydrogen-bond donors (Lipinski definition) is 1. The van der Waals surface area contributed by atoms with Crippen LogP contribution in [0.1, 0.15) is 93.9 Å². The quantitative estimate of drug-likeness (QED) is 0.174. The van der Waals surface area contributed by atoms with Crippen molar-refractivity contribution in [1.29, 1.82) is 0 Å². The summed E-state index contributed by atoms with van der Waals surface area (Å²) >= 11 is 1.49. The molecular formula is C36H41N7O4S2. The summed E-state index contributed by atoms with van der Waals surface area (Å²) in [5.74, 6) is 1.74. The monoisotopic (exact) mass is 699 g/mol. The first-order valence-corrected chi connectivity index (χ1v) is 19.6. The Morgan fingerprint density at radius 3 is 2.76 bits per heavy atom. The van der Waals surface area contributed by atoms with E-state index in [0.717, 1.165) is 65.2 Å². The molecular weight excluding hydrogens is 659 g/mol. The Balaban J connectivity index is 1.30. The molecule has 0 saturated carbocycles. The Labute approximate surface area is 290 Å².